The van der Waals surface area contributed by atoms with Crippen molar-refractivity contribution >= 4 is 5.97 Å². The molecule has 0 aromatic heterocycles. The van der Waals surface area contributed by atoms with Crippen LogP contribution in [0.4, 0.5) is 8.78 Å². The van der Waals surface area contributed by atoms with Crippen LogP contribution in [0.2, 0.25) is 0 Å². The van der Waals surface area contributed by atoms with Gasteiger partial charge in [-0.1, -0.05) is 0 Å². The Morgan fingerprint density at radius 2 is 2.22 bits per heavy atom. The molecule has 0 unspecified atom stereocenters. The molecule has 0 spiro atoms. The van der Waals surface area contributed by atoms with E-state index >= 15 is 0 Å². The molecule has 0 saturated carbocycles. The summed E-state index contributed by atoms with van der Waals surface area (Å²) in [6, 6.07) is 3.92. The number of hydrogen-bond donors (Lipinski definition) is 1. The molecule has 0 aliphatic carbocycles. The maximum absolute atomic E-state index is 12.1. The summed E-state index contributed by atoms with van der Waals surface area (Å²) in [5, 5.41) is 8.82. The van der Waals surface area contributed by atoms with Gasteiger partial charge >= 0.3 is 12.6 Å². The second-order valence-corrected chi connectivity index (χ2v) is 3.19. The zero-order valence-electron chi connectivity index (χ0n) is 9.44. The van der Waals surface area contributed by atoms with E-state index in [9.17, 15) is 13.6 Å². The Morgan fingerprint density at radius 1 is 1.56 bits per heavy atom. The number of ether oxygens (including phenoxy) is 2. The molecular weight excluding hydrogens is 246 g/mol. The van der Waals surface area contributed by atoms with E-state index in [-0.39, 0.29) is 29.0 Å². The lowest BCUT2D eigenvalue weighted by Crippen LogP contribution is -2.12. The topological polar surface area (TPSA) is 85.3 Å². The highest BCUT2D eigenvalue weighted by molar-refractivity contribution is 5.92. The maximum Gasteiger partial charge on any atom is 0.387 e. The lowest BCUT2D eigenvalue weighted by atomic mass is 10.0. The minimum absolute atomic E-state index is 0.0539. The number of esters is 1. The average Bonchev–Trinajstić information content (AvgIpc) is 2.36. The summed E-state index contributed by atoms with van der Waals surface area (Å²) in [5.74, 6) is -1.02. The minimum atomic E-state index is -3.06. The largest absolute Gasteiger partial charge is 0.465 e. The number of carbonyl (C=O) groups excluding carboxylic acids is 1. The molecule has 2 N–H and O–H groups in total. The Morgan fingerprint density at radius 3 is 2.67 bits per heavy atom. The molecule has 0 atom stereocenters. The van der Waals surface area contributed by atoms with E-state index in [1.807, 2.05) is 0 Å². The van der Waals surface area contributed by atoms with Crippen LogP contribution < -0.4 is 10.5 Å². The molecule has 0 amide bonds. The quantitative estimate of drug-likeness (QED) is 0.823. The van der Waals surface area contributed by atoms with Crippen molar-refractivity contribution in [2.24, 2.45) is 5.73 Å². The summed E-state index contributed by atoms with van der Waals surface area (Å²) < 4.78 is 33.0. The van der Waals surface area contributed by atoms with Crippen LogP contribution in [0.1, 0.15) is 21.5 Å². The number of nitrogens with zero attached hydrogens (tertiary/aromatic N) is 1. The fourth-order valence-corrected chi connectivity index (χ4v) is 1.37. The smallest absolute Gasteiger partial charge is 0.387 e. The molecule has 0 fully saturated rings. The van der Waals surface area contributed by atoms with Gasteiger partial charge in [0.15, 0.2) is 0 Å². The van der Waals surface area contributed by atoms with Crippen molar-refractivity contribution in [1.29, 1.82) is 5.26 Å². The van der Waals surface area contributed by atoms with E-state index in [2.05, 4.69) is 9.47 Å². The standard InChI is InChI=1S/C11H10F2N2O3/c1-17-10(16)8-2-7(5-15)9(18-11(12)13)3-6(8)4-14/h2-3,11H,4,14H2,1H3. The predicted octanol–water partition coefficient (Wildman–Crippen LogP) is 1.40. The van der Waals surface area contributed by atoms with E-state index in [4.69, 9.17) is 11.0 Å². The van der Waals surface area contributed by atoms with Crippen LogP contribution in [-0.2, 0) is 11.3 Å². The first kappa shape index (κ1) is 13.9. The Balaban J connectivity index is 3.33. The molecule has 0 heterocycles. The van der Waals surface area contributed by atoms with Crippen molar-refractivity contribution < 1.29 is 23.0 Å². The number of nitriles is 1. The Bertz CT molecular complexity index is 498. The van der Waals surface area contributed by atoms with Crippen LogP contribution >= 0.6 is 0 Å². The van der Waals surface area contributed by atoms with E-state index in [1.54, 1.807) is 6.07 Å². The van der Waals surface area contributed by atoms with Crippen LogP contribution in [-0.4, -0.2) is 19.7 Å². The van der Waals surface area contributed by atoms with Crippen LogP contribution in [0.25, 0.3) is 0 Å². The highest BCUT2D eigenvalue weighted by Gasteiger charge is 2.18. The van der Waals surface area contributed by atoms with Gasteiger partial charge in [-0.2, -0.15) is 14.0 Å². The second kappa shape index (κ2) is 5.93. The van der Waals surface area contributed by atoms with Crippen LogP contribution in [0, 0.1) is 11.3 Å². The number of hydrogen-bond acceptors (Lipinski definition) is 5. The van der Waals surface area contributed by atoms with Crippen molar-refractivity contribution in [3.8, 4) is 11.8 Å². The molecule has 0 radical (unpaired) electrons. The zero-order valence-corrected chi connectivity index (χ0v) is 9.44. The lowest BCUT2D eigenvalue weighted by molar-refractivity contribution is -0.0500. The Hall–Kier alpha value is -2.20. The average molecular weight is 256 g/mol. The summed E-state index contributed by atoms with van der Waals surface area (Å²) in [4.78, 5) is 11.4. The summed E-state index contributed by atoms with van der Waals surface area (Å²) in [6.45, 7) is -3.14. The highest BCUT2D eigenvalue weighted by atomic mass is 19.3. The van der Waals surface area contributed by atoms with Gasteiger partial charge in [0.25, 0.3) is 0 Å². The van der Waals surface area contributed by atoms with E-state index in [0.717, 1.165) is 19.2 Å². The minimum Gasteiger partial charge on any atom is -0.465 e. The third-order valence-electron chi connectivity index (χ3n) is 2.17. The third-order valence-corrected chi connectivity index (χ3v) is 2.17. The molecule has 0 aliphatic heterocycles. The van der Waals surface area contributed by atoms with Gasteiger partial charge in [-0.3, -0.25) is 0 Å². The summed E-state index contributed by atoms with van der Waals surface area (Å²) in [6.07, 6.45) is 0. The number of benzene rings is 1. The molecule has 18 heavy (non-hydrogen) atoms. The molecule has 1 aromatic rings. The summed E-state index contributed by atoms with van der Waals surface area (Å²) in [7, 11) is 1.16. The van der Waals surface area contributed by atoms with Gasteiger partial charge in [0, 0.05) is 6.54 Å². The first-order valence-corrected chi connectivity index (χ1v) is 4.83. The number of nitrogens with two attached hydrogens (primary N) is 1. The monoisotopic (exact) mass is 256 g/mol. The Kier molecular flexibility index (Phi) is 4.57. The summed E-state index contributed by atoms with van der Waals surface area (Å²) in [5.41, 5.74) is 5.53. The molecule has 1 rings (SSSR count). The molecule has 1 aromatic carbocycles. The van der Waals surface area contributed by atoms with Gasteiger partial charge in [-0.25, -0.2) is 4.79 Å². The van der Waals surface area contributed by atoms with Crippen LogP contribution in [0.15, 0.2) is 12.1 Å². The number of carbonyl (C=O) groups is 1. The second-order valence-electron chi connectivity index (χ2n) is 3.19. The van der Waals surface area contributed by atoms with Crippen LogP contribution in [0.5, 0.6) is 5.75 Å². The van der Waals surface area contributed by atoms with E-state index in [0.29, 0.717) is 0 Å². The molecule has 7 heteroatoms. The van der Waals surface area contributed by atoms with E-state index < -0.39 is 12.6 Å². The number of halogens is 2. The fraction of sp³-hybridized carbons (Fsp3) is 0.273. The van der Waals surface area contributed by atoms with E-state index in [1.165, 1.54) is 0 Å². The van der Waals surface area contributed by atoms with Crippen molar-refractivity contribution in [1.82, 2.24) is 0 Å². The lowest BCUT2D eigenvalue weighted by Gasteiger charge is -2.11. The fourth-order valence-electron chi connectivity index (χ4n) is 1.37. The zero-order chi connectivity index (χ0) is 13.7. The first-order valence-electron chi connectivity index (χ1n) is 4.83. The van der Waals surface area contributed by atoms with Crippen molar-refractivity contribution in [2.45, 2.75) is 13.2 Å². The van der Waals surface area contributed by atoms with Gasteiger partial charge < -0.3 is 15.2 Å². The number of alkyl halides is 2. The molecular formula is C11H10F2N2O3. The highest BCUT2D eigenvalue weighted by Crippen LogP contribution is 2.25. The molecule has 96 valence electrons. The number of methoxy groups -OCH3 is 1. The van der Waals surface area contributed by atoms with Gasteiger partial charge in [0.05, 0.1) is 18.2 Å². The van der Waals surface area contributed by atoms with Gasteiger partial charge in [-0.05, 0) is 17.7 Å². The normalized spacial score (nSPS) is 10.0. The van der Waals surface area contributed by atoms with Crippen molar-refractivity contribution in [2.75, 3.05) is 7.11 Å². The predicted molar refractivity (Wildman–Crippen MR) is 57.0 cm³/mol. The summed E-state index contributed by atoms with van der Waals surface area (Å²) >= 11 is 0. The van der Waals surface area contributed by atoms with Gasteiger partial charge in [0.1, 0.15) is 11.8 Å². The molecule has 0 bridgehead atoms. The third kappa shape index (κ3) is 2.93. The van der Waals surface area contributed by atoms with Crippen molar-refractivity contribution in [3.63, 3.8) is 0 Å². The molecule has 0 aliphatic rings. The maximum atomic E-state index is 12.1. The number of rotatable bonds is 4. The molecule has 0 saturated heterocycles. The first-order chi connectivity index (χ1) is 8.53. The van der Waals surface area contributed by atoms with Gasteiger partial charge in [-0.15, -0.1) is 0 Å². The molecule has 5 nitrogen and oxygen atoms in total. The SMILES string of the molecule is COC(=O)c1cc(C#N)c(OC(F)F)cc1CN. The Labute approximate surface area is 102 Å². The van der Waals surface area contributed by atoms with Crippen LogP contribution in [0.3, 0.4) is 0 Å². The van der Waals surface area contributed by atoms with Crippen molar-refractivity contribution in [3.05, 3.63) is 28.8 Å². The van der Waals surface area contributed by atoms with Gasteiger partial charge in [0.2, 0.25) is 0 Å².